The Labute approximate surface area is 90.6 Å². The zero-order chi connectivity index (χ0) is 9.97. The van der Waals surface area contributed by atoms with Crippen molar-refractivity contribution in [3.8, 4) is 0 Å². The fourth-order valence-electron chi connectivity index (χ4n) is 2.56. The van der Waals surface area contributed by atoms with Gasteiger partial charge in [-0.25, -0.2) is 0 Å². The lowest BCUT2D eigenvalue weighted by Crippen LogP contribution is -2.25. The van der Waals surface area contributed by atoms with Gasteiger partial charge in [-0.1, -0.05) is 31.3 Å². The van der Waals surface area contributed by atoms with Crippen LogP contribution in [0.5, 0.6) is 0 Å². The number of oxime groups is 1. The molecular formula is C11H18ClNO. The molecule has 1 heterocycles. The molecule has 3 heteroatoms. The zero-order valence-electron chi connectivity index (χ0n) is 8.71. The van der Waals surface area contributed by atoms with E-state index in [0.717, 1.165) is 12.3 Å². The number of nitrogens with zero attached hydrogens (tertiary/aromatic N) is 1. The molecule has 2 rings (SSSR count). The van der Waals surface area contributed by atoms with Gasteiger partial charge in [0, 0.05) is 12.3 Å². The highest BCUT2D eigenvalue weighted by molar-refractivity contribution is 6.18. The second kappa shape index (κ2) is 4.52. The van der Waals surface area contributed by atoms with E-state index in [1.165, 1.54) is 31.4 Å². The Kier molecular flexibility index (Phi) is 3.32. The monoisotopic (exact) mass is 215 g/mol. The molecule has 2 aliphatic rings. The minimum atomic E-state index is 0.140. The molecule has 1 saturated carbocycles. The first kappa shape index (κ1) is 10.3. The van der Waals surface area contributed by atoms with E-state index >= 15 is 0 Å². The predicted molar refractivity (Wildman–Crippen MR) is 58.8 cm³/mol. The molecule has 14 heavy (non-hydrogen) atoms. The van der Waals surface area contributed by atoms with Crippen molar-refractivity contribution >= 4 is 17.3 Å². The summed E-state index contributed by atoms with van der Waals surface area (Å²) >= 11 is 5.75. The number of halogens is 1. The fraction of sp³-hybridized carbons (Fsp3) is 0.909. The van der Waals surface area contributed by atoms with Crippen LogP contribution in [0.1, 0.15) is 39.0 Å². The highest BCUT2D eigenvalue weighted by Crippen LogP contribution is 2.33. The van der Waals surface area contributed by atoms with E-state index in [9.17, 15) is 0 Å². The Morgan fingerprint density at radius 3 is 2.86 bits per heavy atom. The smallest absolute Gasteiger partial charge is 0.146 e. The summed E-state index contributed by atoms with van der Waals surface area (Å²) in [6.07, 6.45) is 6.46. The summed E-state index contributed by atoms with van der Waals surface area (Å²) in [7, 11) is 0. The molecule has 0 bridgehead atoms. The maximum absolute atomic E-state index is 5.75. The Morgan fingerprint density at radius 2 is 2.21 bits per heavy atom. The molecule has 0 amide bonds. The van der Waals surface area contributed by atoms with E-state index in [-0.39, 0.29) is 6.10 Å². The quantitative estimate of drug-likeness (QED) is 0.649. The lowest BCUT2D eigenvalue weighted by molar-refractivity contribution is 0.102. The Morgan fingerprint density at radius 1 is 1.43 bits per heavy atom. The summed E-state index contributed by atoms with van der Waals surface area (Å²) in [5.41, 5.74) is 1.27. The SMILES string of the molecule is CC1CCCCC1C1=NOC(CCl)C1. The molecule has 0 aromatic carbocycles. The van der Waals surface area contributed by atoms with E-state index in [1.54, 1.807) is 0 Å². The standard InChI is InChI=1S/C11H18ClNO/c1-8-4-2-3-5-10(8)11-6-9(7-12)14-13-11/h8-10H,2-7H2,1H3. The minimum absolute atomic E-state index is 0.140. The highest BCUT2D eigenvalue weighted by atomic mass is 35.5. The van der Waals surface area contributed by atoms with Gasteiger partial charge < -0.3 is 4.84 Å². The Bertz CT molecular complexity index is 229. The van der Waals surface area contributed by atoms with E-state index in [4.69, 9.17) is 16.4 Å². The lowest BCUT2D eigenvalue weighted by atomic mass is 9.77. The van der Waals surface area contributed by atoms with Gasteiger partial charge in [0.05, 0.1) is 11.6 Å². The van der Waals surface area contributed by atoms with Gasteiger partial charge in [0.25, 0.3) is 0 Å². The molecule has 2 nitrogen and oxygen atoms in total. The molecule has 80 valence electrons. The third-order valence-corrected chi connectivity index (χ3v) is 3.81. The van der Waals surface area contributed by atoms with E-state index in [2.05, 4.69) is 12.1 Å². The number of hydrogen-bond acceptors (Lipinski definition) is 2. The number of alkyl halides is 1. The third kappa shape index (κ3) is 2.05. The average molecular weight is 216 g/mol. The van der Waals surface area contributed by atoms with Crippen LogP contribution in [-0.2, 0) is 4.84 Å². The van der Waals surface area contributed by atoms with Crippen LogP contribution in [0.25, 0.3) is 0 Å². The van der Waals surface area contributed by atoms with E-state index in [0.29, 0.717) is 11.8 Å². The van der Waals surface area contributed by atoms with Crippen molar-refractivity contribution in [2.45, 2.75) is 45.1 Å². The molecule has 0 aromatic heterocycles. The summed E-state index contributed by atoms with van der Waals surface area (Å²) in [4.78, 5) is 5.27. The van der Waals surface area contributed by atoms with Crippen molar-refractivity contribution in [1.29, 1.82) is 0 Å². The normalized spacial score (nSPS) is 37.9. The van der Waals surface area contributed by atoms with Crippen molar-refractivity contribution in [2.75, 3.05) is 5.88 Å². The molecule has 3 atom stereocenters. The summed E-state index contributed by atoms with van der Waals surface area (Å²) in [6, 6.07) is 0. The van der Waals surface area contributed by atoms with Crippen LogP contribution in [0.3, 0.4) is 0 Å². The minimum Gasteiger partial charge on any atom is -0.391 e. The zero-order valence-corrected chi connectivity index (χ0v) is 9.46. The summed E-state index contributed by atoms with van der Waals surface area (Å²) < 4.78 is 0. The summed E-state index contributed by atoms with van der Waals surface area (Å²) in [5, 5.41) is 4.19. The molecule has 0 spiro atoms. The molecule has 0 saturated heterocycles. The summed E-state index contributed by atoms with van der Waals surface area (Å²) in [5.74, 6) is 2.01. The van der Waals surface area contributed by atoms with Crippen LogP contribution < -0.4 is 0 Å². The van der Waals surface area contributed by atoms with Gasteiger partial charge >= 0.3 is 0 Å². The second-order valence-electron chi connectivity index (χ2n) is 4.54. The van der Waals surface area contributed by atoms with Gasteiger partial charge in [-0.15, -0.1) is 11.6 Å². The molecule has 0 radical (unpaired) electrons. The number of rotatable bonds is 2. The van der Waals surface area contributed by atoms with Crippen LogP contribution >= 0.6 is 11.6 Å². The second-order valence-corrected chi connectivity index (χ2v) is 4.85. The van der Waals surface area contributed by atoms with Gasteiger partial charge in [0.15, 0.2) is 0 Å². The predicted octanol–water partition coefficient (Wildman–Crippen LogP) is 3.20. The lowest BCUT2D eigenvalue weighted by Gasteiger charge is -2.28. The van der Waals surface area contributed by atoms with Crippen molar-refractivity contribution in [2.24, 2.45) is 17.0 Å². The topological polar surface area (TPSA) is 21.6 Å². The van der Waals surface area contributed by atoms with Gasteiger partial charge in [0.1, 0.15) is 6.10 Å². The van der Waals surface area contributed by atoms with Gasteiger partial charge in [0.2, 0.25) is 0 Å². The summed E-state index contributed by atoms with van der Waals surface area (Å²) in [6.45, 7) is 2.33. The first-order chi connectivity index (χ1) is 6.81. The first-order valence-electron chi connectivity index (χ1n) is 5.60. The van der Waals surface area contributed by atoms with Crippen molar-refractivity contribution in [3.05, 3.63) is 0 Å². The highest BCUT2D eigenvalue weighted by Gasteiger charge is 2.31. The average Bonchev–Trinajstić information content (AvgIpc) is 2.67. The van der Waals surface area contributed by atoms with E-state index < -0.39 is 0 Å². The van der Waals surface area contributed by atoms with Crippen molar-refractivity contribution in [1.82, 2.24) is 0 Å². The maximum Gasteiger partial charge on any atom is 0.146 e. The van der Waals surface area contributed by atoms with Gasteiger partial charge in [-0.3, -0.25) is 0 Å². The molecule has 1 aliphatic heterocycles. The van der Waals surface area contributed by atoms with Crippen LogP contribution in [0.2, 0.25) is 0 Å². The maximum atomic E-state index is 5.75. The first-order valence-corrected chi connectivity index (χ1v) is 6.13. The van der Waals surface area contributed by atoms with E-state index in [1.807, 2.05) is 0 Å². The molecule has 0 N–H and O–H groups in total. The van der Waals surface area contributed by atoms with Crippen LogP contribution in [-0.4, -0.2) is 17.7 Å². The fourth-order valence-corrected chi connectivity index (χ4v) is 2.73. The Hall–Kier alpha value is -0.240. The molecule has 1 fully saturated rings. The largest absolute Gasteiger partial charge is 0.391 e. The molecule has 3 unspecified atom stereocenters. The molecular weight excluding hydrogens is 198 g/mol. The van der Waals surface area contributed by atoms with Crippen LogP contribution in [0.4, 0.5) is 0 Å². The van der Waals surface area contributed by atoms with Gasteiger partial charge in [-0.05, 0) is 12.3 Å². The van der Waals surface area contributed by atoms with Crippen molar-refractivity contribution < 1.29 is 4.84 Å². The molecule has 0 aromatic rings. The van der Waals surface area contributed by atoms with Crippen LogP contribution in [0.15, 0.2) is 5.16 Å². The van der Waals surface area contributed by atoms with Gasteiger partial charge in [-0.2, -0.15) is 0 Å². The third-order valence-electron chi connectivity index (χ3n) is 3.47. The van der Waals surface area contributed by atoms with Crippen LogP contribution in [0, 0.1) is 11.8 Å². The number of hydrogen-bond donors (Lipinski definition) is 0. The molecule has 1 aliphatic carbocycles. The van der Waals surface area contributed by atoms with Crippen molar-refractivity contribution in [3.63, 3.8) is 0 Å². The Balaban J connectivity index is 1.94.